The van der Waals surface area contributed by atoms with Gasteiger partial charge in [-0.2, -0.15) is 4.98 Å². The lowest BCUT2D eigenvalue weighted by molar-refractivity contribution is 0.607. The number of hydrogen-bond donors (Lipinski definition) is 1. The zero-order valence-corrected chi connectivity index (χ0v) is 11.7. The Morgan fingerprint density at radius 3 is 2.85 bits per heavy atom. The second kappa shape index (κ2) is 5.05. The van der Waals surface area contributed by atoms with Gasteiger partial charge in [0, 0.05) is 19.2 Å². The van der Waals surface area contributed by atoms with Gasteiger partial charge in [-0.15, -0.1) is 11.3 Å². The van der Waals surface area contributed by atoms with E-state index >= 15 is 0 Å². The van der Waals surface area contributed by atoms with Crippen LogP contribution in [-0.2, 0) is 6.54 Å². The summed E-state index contributed by atoms with van der Waals surface area (Å²) in [5, 5.41) is 2.88. The van der Waals surface area contributed by atoms with Gasteiger partial charge in [-0.3, -0.25) is 0 Å². The first-order valence-electron chi connectivity index (χ1n) is 6.10. The molecule has 0 atom stereocenters. The third kappa shape index (κ3) is 2.30. The number of nitrogen functional groups attached to an aromatic ring is 1. The van der Waals surface area contributed by atoms with Crippen LogP contribution in [-0.4, -0.2) is 17.0 Å². The van der Waals surface area contributed by atoms with E-state index < -0.39 is 0 Å². The Balaban J connectivity index is 1.98. The second-order valence-corrected chi connectivity index (χ2v) is 5.39. The van der Waals surface area contributed by atoms with Gasteiger partial charge in [0.15, 0.2) is 0 Å². The molecule has 0 spiro atoms. The van der Waals surface area contributed by atoms with Crippen molar-refractivity contribution in [2.45, 2.75) is 6.54 Å². The largest absolute Gasteiger partial charge is 0.368 e. The van der Waals surface area contributed by atoms with Crippen molar-refractivity contribution >= 4 is 33.3 Å². The van der Waals surface area contributed by atoms with E-state index in [2.05, 4.69) is 9.97 Å². The van der Waals surface area contributed by atoms with Crippen LogP contribution >= 0.6 is 11.3 Å². The third-order valence-corrected chi connectivity index (χ3v) is 3.86. The summed E-state index contributed by atoms with van der Waals surface area (Å²) in [7, 11) is 1.87. The minimum Gasteiger partial charge on any atom is -0.368 e. The van der Waals surface area contributed by atoms with Crippen LogP contribution in [0.2, 0.25) is 0 Å². The van der Waals surface area contributed by atoms with Crippen LogP contribution in [0.15, 0.2) is 35.7 Å². The lowest BCUT2D eigenvalue weighted by Crippen LogP contribution is -2.19. The molecule has 3 aromatic rings. The van der Waals surface area contributed by atoms with Crippen LogP contribution in [0.4, 0.5) is 16.2 Å². The van der Waals surface area contributed by atoms with Gasteiger partial charge in [0.1, 0.15) is 16.5 Å². The van der Waals surface area contributed by atoms with E-state index in [0.29, 0.717) is 12.1 Å². The van der Waals surface area contributed by atoms with Crippen LogP contribution in [0.1, 0.15) is 5.56 Å². The molecule has 0 saturated carbocycles. The standard InChI is InChI=1S/C14H13FN4S/c1-19(8-9-4-2-3-5-11(9)15)12-10-6-7-20-13(10)18-14(16)17-12/h2-7H,8H2,1H3,(H2,16,17,18). The van der Waals surface area contributed by atoms with Crippen molar-refractivity contribution in [3.8, 4) is 0 Å². The molecule has 2 aromatic heterocycles. The number of halogens is 1. The summed E-state index contributed by atoms with van der Waals surface area (Å²) < 4.78 is 13.7. The van der Waals surface area contributed by atoms with E-state index in [0.717, 1.165) is 16.0 Å². The number of thiophene rings is 1. The quantitative estimate of drug-likeness (QED) is 0.805. The minimum atomic E-state index is -0.219. The smallest absolute Gasteiger partial charge is 0.223 e. The number of benzene rings is 1. The third-order valence-electron chi connectivity index (χ3n) is 3.05. The predicted molar refractivity (Wildman–Crippen MR) is 80.3 cm³/mol. The Kier molecular flexibility index (Phi) is 3.23. The number of rotatable bonds is 3. The number of nitrogens with zero attached hydrogens (tertiary/aromatic N) is 3. The van der Waals surface area contributed by atoms with Gasteiger partial charge < -0.3 is 10.6 Å². The summed E-state index contributed by atoms with van der Waals surface area (Å²) >= 11 is 1.51. The highest BCUT2D eigenvalue weighted by Crippen LogP contribution is 2.28. The Morgan fingerprint density at radius 1 is 1.25 bits per heavy atom. The van der Waals surface area contributed by atoms with Gasteiger partial charge in [0.2, 0.25) is 5.95 Å². The first kappa shape index (κ1) is 12.8. The van der Waals surface area contributed by atoms with Crippen molar-refractivity contribution in [1.29, 1.82) is 0 Å². The minimum absolute atomic E-state index is 0.219. The summed E-state index contributed by atoms with van der Waals surface area (Å²) in [6.07, 6.45) is 0. The van der Waals surface area contributed by atoms with Crippen LogP contribution in [0.3, 0.4) is 0 Å². The molecule has 0 amide bonds. The second-order valence-electron chi connectivity index (χ2n) is 4.49. The van der Waals surface area contributed by atoms with Gasteiger partial charge in [0.25, 0.3) is 0 Å². The van der Waals surface area contributed by atoms with Crippen LogP contribution in [0.25, 0.3) is 10.2 Å². The van der Waals surface area contributed by atoms with Crippen molar-refractivity contribution in [2.24, 2.45) is 0 Å². The van der Waals surface area contributed by atoms with Crippen molar-refractivity contribution in [2.75, 3.05) is 17.7 Å². The summed E-state index contributed by atoms with van der Waals surface area (Å²) in [5.41, 5.74) is 6.35. The molecule has 0 fully saturated rings. The fourth-order valence-electron chi connectivity index (χ4n) is 2.10. The summed E-state index contributed by atoms with van der Waals surface area (Å²) in [5.74, 6) is 0.732. The molecule has 3 rings (SSSR count). The number of nitrogens with two attached hydrogens (primary N) is 1. The SMILES string of the molecule is CN(Cc1ccccc1F)c1nc(N)nc2sccc12. The highest BCUT2D eigenvalue weighted by molar-refractivity contribution is 7.16. The first-order chi connectivity index (χ1) is 9.65. The lowest BCUT2D eigenvalue weighted by atomic mass is 10.2. The predicted octanol–water partition coefficient (Wildman–Crippen LogP) is 3.05. The molecule has 0 aliphatic rings. The maximum atomic E-state index is 13.7. The molecule has 2 N–H and O–H groups in total. The average Bonchev–Trinajstić information content (AvgIpc) is 2.88. The van der Waals surface area contributed by atoms with Crippen LogP contribution in [0.5, 0.6) is 0 Å². The van der Waals surface area contributed by atoms with Crippen molar-refractivity contribution < 1.29 is 4.39 Å². The van der Waals surface area contributed by atoms with Gasteiger partial charge in [0.05, 0.1) is 5.39 Å². The van der Waals surface area contributed by atoms with E-state index in [-0.39, 0.29) is 11.8 Å². The normalized spacial score (nSPS) is 10.9. The molecule has 0 aliphatic heterocycles. The molecule has 20 heavy (non-hydrogen) atoms. The molecule has 2 heterocycles. The molecule has 0 unspecified atom stereocenters. The van der Waals surface area contributed by atoms with E-state index in [1.807, 2.05) is 29.5 Å². The fourth-order valence-corrected chi connectivity index (χ4v) is 2.87. The Labute approximate surface area is 119 Å². The molecule has 0 aliphatic carbocycles. The summed E-state index contributed by atoms with van der Waals surface area (Å²) in [6.45, 7) is 0.425. The fraction of sp³-hybridized carbons (Fsp3) is 0.143. The molecule has 0 radical (unpaired) electrons. The topological polar surface area (TPSA) is 55.0 Å². The van der Waals surface area contributed by atoms with Crippen molar-refractivity contribution in [3.63, 3.8) is 0 Å². The Morgan fingerprint density at radius 2 is 2.05 bits per heavy atom. The number of aromatic nitrogens is 2. The molecule has 6 heteroatoms. The molecule has 1 aromatic carbocycles. The molecular weight excluding hydrogens is 275 g/mol. The molecular formula is C14H13FN4S. The maximum absolute atomic E-state index is 13.7. The van der Waals surface area contributed by atoms with E-state index in [4.69, 9.17) is 5.73 Å². The zero-order valence-electron chi connectivity index (χ0n) is 10.9. The van der Waals surface area contributed by atoms with Gasteiger partial charge >= 0.3 is 0 Å². The summed E-state index contributed by atoms with van der Waals surface area (Å²) in [4.78, 5) is 11.2. The van der Waals surface area contributed by atoms with E-state index in [1.165, 1.54) is 17.4 Å². The van der Waals surface area contributed by atoms with Crippen molar-refractivity contribution in [1.82, 2.24) is 9.97 Å². The zero-order chi connectivity index (χ0) is 14.1. The number of hydrogen-bond acceptors (Lipinski definition) is 5. The monoisotopic (exact) mass is 288 g/mol. The summed E-state index contributed by atoms with van der Waals surface area (Å²) in [6, 6.07) is 8.67. The van der Waals surface area contributed by atoms with E-state index in [9.17, 15) is 4.39 Å². The molecule has 102 valence electrons. The average molecular weight is 288 g/mol. The molecule has 4 nitrogen and oxygen atoms in total. The molecule has 0 bridgehead atoms. The van der Waals surface area contributed by atoms with Gasteiger partial charge in [-0.1, -0.05) is 18.2 Å². The Hall–Kier alpha value is -2.21. The van der Waals surface area contributed by atoms with Crippen LogP contribution < -0.4 is 10.6 Å². The Bertz CT molecular complexity index is 756. The highest BCUT2D eigenvalue weighted by atomic mass is 32.1. The number of fused-ring (bicyclic) bond motifs is 1. The molecule has 0 saturated heterocycles. The maximum Gasteiger partial charge on any atom is 0.223 e. The highest BCUT2D eigenvalue weighted by Gasteiger charge is 2.13. The van der Waals surface area contributed by atoms with Crippen molar-refractivity contribution in [3.05, 3.63) is 47.1 Å². The van der Waals surface area contributed by atoms with Gasteiger partial charge in [-0.05, 0) is 17.5 Å². The van der Waals surface area contributed by atoms with Crippen LogP contribution in [0, 0.1) is 5.82 Å². The first-order valence-corrected chi connectivity index (χ1v) is 6.98. The lowest BCUT2D eigenvalue weighted by Gasteiger charge is -2.19. The van der Waals surface area contributed by atoms with E-state index in [1.54, 1.807) is 12.1 Å². The number of anilines is 2. The van der Waals surface area contributed by atoms with Gasteiger partial charge in [-0.25, -0.2) is 9.37 Å².